The van der Waals surface area contributed by atoms with Crippen molar-refractivity contribution in [2.24, 2.45) is 7.05 Å². The standard InChI is InChI=1S/C12H17N3S/c1-9-7-16-8-12(9)5-13-4-11-6-15(3)14-10(11)2/h6-8,13H,4-5H2,1-3H3. The van der Waals surface area contributed by atoms with Gasteiger partial charge in [0, 0.05) is 31.9 Å². The third kappa shape index (κ3) is 2.51. The van der Waals surface area contributed by atoms with Crippen LogP contribution in [0.1, 0.15) is 22.4 Å². The molecule has 0 aliphatic rings. The van der Waals surface area contributed by atoms with E-state index in [0.29, 0.717) is 0 Å². The molecule has 2 heterocycles. The third-order valence-electron chi connectivity index (χ3n) is 2.71. The number of nitrogens with one attached hydrogen (secondary N) is 1. The maximum Gasteiger partial charge on any atom is 0.0638 e. The molecule has 2 aromatic rings. The first-order valence-corrected chi connectivity index (χ1v) is 6.32. The molecular weight excluding hydrogens is 218 g/mol. The van der Waals surface area contributed by atoms with Gasteiger partial charge in [-0.05, 0) is 35.7 Å². The molecule has 0 bridgehead atoms. The smallest absolute Gasteiger partial charge is 0.0638 e. The van der Waals surface area contributed by atoms with Crippen LogP contribution in [0.4, 0.5) is 0 Å². The van der Waals surface area contributed by atoms with Crippen LogP contribution in [0.25, 0.3) is 0 Å². The normalized spacial score (nSPS) is 10.9. The Balaban J connectivity index is 1.89. The SMILES string of the molecule is Cc1cscc1CNCc1cn(C)nc1C. The molecule has 0 radical (unpaired) electrons. The maximum atomic E-state index is 4.32. The Kier molecular flexibility index (Phi) is 3.41. The first-order chi connectivity index (χ1) is 7.66. The predicted octanol–water partition coefficient (Wildman–Crippen LogP) is 2.39. The van der Waals surface area contributed by atoms with Crippen LogP contribution in [-0.2, 0) is 20.1 Å². The highest BCUT2D eigenvalue weighted by Crippen LogP contribution is 2.13. The molecule has 0 fully saturated rings. The largest absolute Gasteiger partial charge is 0.308 e. The highest BCUT2D eigenvalue weighted by Gasteiger charge is 2.03. The van der Waals surface area contributed by atoms with Crippen LogP contribution in [-0.4, -0.2) is 9.78 Å². The lowest BCUT2D eigenvalue weighted by atomic mass is 10.2. The number of nitrogens with zero attached hydrogens (tertiary/aromatic N) is 2. The summed E-state index contributed by atoms with van der Waals surface area (Å²) < 4.78 is 1.86. The molecule has 0 aliphatic carbocycles. The second-order valence-corrected chi connectivity index (χ2v) is 4.84. The summed E-state index contributed by atoms with van der Waals surface area (Å²) >= 11 is 1.76. The van der Waals surface area contributed by atoms with Gasteiger partial charge in [0.1, 0.15) is 0 Å². The zero-order valence-electron chi connectivity index (χ0n) is 9.95. The van der Waals surface area contributed by atoms with Gasteiger partial charge in [-0.2, -0.15) is 16.4 Å². The molecule has 86 valence electrons. The fourth-order valence-electron chi connectivity index (χ4n) is 1.72. The number of rotatable bonds is 4. The molecule has 2 aromatic heterocycles. The van der Waals surface area contributed by atoms with E-state index in [1.54, 1.807) is 11.3 Å². The molecule has 0 amide bonds. The number of hydrogen-bond donors (Lipinski definition) is 1. The van der Waals surface area contributed by atoms with Crippen molar-refractivity contribution in [3.8, 4) is 0 Å². The van der Waals surface area contributed by atoms with Crippen LogP contribution in [0, 0.1) is 13.8 Å². The van der Waals surface area contributed by atoms with Gasteiger partial charge in [0.15, 0.2) is 0 Å². The Morgan fingerprint density at radius 3 is 2.56 bits per heavy atom. The fourth-order valence-corrected chi connectivity index (χ4v) is 2.58. The Bertz CT molecular complexity index is 470. The van der Waals surface area contributed by atoms with Crippen LogP contribution >= 0.6 is 11.3 Å². The number of thiophene rings is 1. The molecule has 1 N–H and O–H groups in total. The zero-order valence-corrected chi connectivity index (χ0v) is 10.8. The van der Waals surface area contributed by atoms with Crippen molar-refractivity contribution >= 4 is 11.3 Å². The summed E-state index contributed by atoms with van der Waals surface area (Å²) in [6.07, 6.45) is 2.07. The minimum absolute atomic E-state index is 0.884. The highest BCUT2D eigenvalue weighted by molar-refractivity contribution is 7.08. The van der Waals surface area contributed by atoms with E-state index in [9.17, 15) is 0 Å². The first-order valence-electron chi connectivity index (χ1n) is 5.38. The molecule has 4 heteroatoms. The fraction of sp³-hybridized carbons (Fsp3) is 0.417. The van der Waals surface area contributed by atoms with Crippen LogP contribution < -0.4 is 5.32 Å². The summed E-state index contributed by atoms with van der Waals surface area (Å²) in [7, 11) is 1.96. The lowest BCUT2D eigenvalue weighted by Crippen LogP contribution is -2.13. The quantitative estimate of drug-likeness (QED) is 0.882. The lowest BCUT2D eigenvalue weighted by Gasteiger charge is -2.03. The average molecular weight is 235 g/mol. The van der Waals surface area contributed by atoms with Crippen molar-refractivity contribution < 1.29 is 0 Å². The monoisotopic (exact) mass is 235 g/mol. The van der Waals surface area contributed by atoms with Gasteiger partial charge >= 0.3 is 0 Å². The second kappa shape index (κ2) is 4.80. The summed E-state index contributed by atoms with van der Waals surface area (Å²) in [4.78, 5) is 0. The van der Waals surface area contributed by atoms with Crippen LogP contribution in [0.3, 0.4) is 0 Å². The molecule has 0 aromatic carbocycles. The second-order valence-electron chi connectivity index (χ2n) is 4.10. The van der Waals surface area contributed by atoms with E-state index < -0.39 is 0 Å². The van der Waals surface area contributed by atoms with E-state index in [2.05, 4.69) is 34.3 Å². The van der Waals surface area contributed by atoms with Gasteiger partial charge in [-0.1, -0.05) is 0 Å². The average Bonchev–Trinajstić information content (AvgIpc) is 2.75. The van der Waals surface area contributed by atoms with Gasteiger partial charge in [0.05, 0.1) is 5.69 Å². The Hall–Kier alpha value is -1.13. The van der Waals surface area contributed by atoms with E-state index in [0.717, 1.165) is 18.8 Å². The summed E-state index contributed by atoms with van der Waals surface area (Å²) in [5, 5.41) is 12.2. The summed E-state index contributed by atoms with van der Waals surface area (Å²) in [5.74, 6) is 0. The minimum Gasteiger partial charge on any atom is -0.308 e. The molecule has 0 atom stereocenters. The molecule has 0 saturated heterocycles. The first kappa shape index (κ1) is 11.4. The summed E-state index contributed by atoms with van der Waals surface area (Å²) in [5.41, 5.74) is 5.15. The van der Waals surface area contributed by atoms with E-state index in [-0.39, 0.29) is 0 Å². The van der Waals surface area contributed by atoms with Crippen molar-refractivity contribution in [1.29, 1.82) is 0 Å². The topological polar surface area (TPSA) is 29.9 Å². The van der Waals surface area contributed by atoms with Crippen molar-refractivity contribution in [3.63, 3.8) is 0 Å². The molecule has 0 aliphatic heterocycles. The Morgan fingerprint density at radius 1 is 1.25 bits per heavy atom. The van der Waals surface area contributed by atoms with Gasteiger partial charge < -0.3 is 5.32 Å². The Labute approximate surface area is 100 Å². The lowest BCUT2D eigenvalue weighted by molar-refractivity contribution is 0.689. The molecule has 0 saturated carbocycles. The van der Waals surface area contributed by atoms with Gasteiger partial charge in [-0.15, -0.1) is 0 Å². The summed E-state index contributed by atoms with van der Waals surface area (Å²) in [6, 6.07) is 0. The predicted molar refractivity (Wildman–Crippen MR) is 67.5 cm³/mol. The maximum absolute atomic E-state index is 4.32. The van der Waals surface area contributed by atoms with E-state index in [4.69, 9.17) is 0 Å². The Morgan fingerprint density at radius 2 is 2.00 bits per heavy atom. The van der Waals surface area contributed by atoms with E-state index >= 15 is 0 Å². The number of aryl methyl sites for hydroxylation is 3. The molecule has 3 nitrogen and oxygen atoms in total. The van der Waals surface area contributed by atoms with Crippen LogP contribution in [0.5, 0.6) is 0 Å². The number of aromatic nitrogens is 2. The van der Waals surface area contributed by atoms with Gasteiger partial charge in [-0.25, -0.2) is 0 Å². The van der Waals surface area contributed by atoms with E-state index in [1.807, 2.05) is 18.7 Å². The molecule has 2 rings (SSSR count). The van der Waals surface area contributed by atoms with Crippen molar-refractivity contribution in [2.75, 3.05) is 0 Å². The van der Waals surface area contributed by atoms with Crippen molar-refractivity contribution in [2.45, 2.75) is 26.9 Å². The number of hydrogen-bond acceptors (Lipinski definition) is 3. The van der Waals surface area contributed by atoms with Crippen molar-refractivity contribution in [3.05, 3.63) is 39.3 Å². The summed E-state index contributed by atoms with van der Waals surface area (Å²) in [6.45, 7) is 6.02. The van der Waals surface area contributed by atoms with Gasteiger partial charge in [0.2, 0.25) is 0 Å². The zero-order chi connectivity index (χ0) is 11.5. The van der Waals surface area contributed by atoms with Crippen molar-refractivity contribution in [1.82, 2.24) is 15.1 Å². The molecule has 16 heavy (non-hydrogen) atoms. The van der Waals surface area contributed by atoms with Gasteiger partial charge in [-0.3, -0.25) is 4.68 Å². The van der Waals surface area contributed by atoms with Gasteiger partial charge in [0.25, 0.3) is 0 Å². The van der Waals surface area contributed by atoms with E-state index in [1.165, 1.54) is 16.7 Å². The third-order valence-corrected chi connectivity index (χ3v) is 3.62. The molecule has 0 unspecified atom stereocenters. The highest BCUT2D eigenvalue weighted by atomic mass is 32.1. The van der Waals surface area contributed by atoms with Crippen LogP contribution in [0.2, 0.25) is 0 Å². The minimum atomic E-state index is 0.884. The molecule has 0 spiro atoms. The van der Waals surface area contributed by atoms with Crippen LogP contribution in [0.15, 0.2) is 17.0 Å². The molecular formula is C12H17N3S.